The molecule has 0 aliphatic carbocycles. The Balaban J connectivity index is 1.47. The van der Waals surface area contributed by atoms with Gasteiger partial charge in [0.1, 0.15) is 5.58 Å². The average molecular weight is 461 g/mol. The van der Waals surface area contributed by atoms with Crippen LogP contribution in [0.5, 0.6) is 0 Å². The monoisotopic (exact) mass is 461 g/mol. The quantitative estimate of drug-likeness (QED) is 0.285. The fourth-order valence-electron chi connectivity index (χ4n) is 4.64. The van der Waals surface area contributed by atoms with Crippen molar-refractivity contribution in [1.29, 1.82) is 0 Å². The van der Waals surface area contributed by atoms with Crippen molar-refractivity contribution in [3.63, 3.8) is 0 Å². The molecule has 1 aliphatic heterocycles. The van der Waals surface area contributed by atoms with Crippen LogP contribution in [0.2, 0.25) is 0 Å². The van der Waals surface area contributed by atoms with Crippen molar-refractivity contribution in [2.75, 3.05) is 5.32 Å². The van der Waals surface area contributed by atoms with E-state index in [1.54, 1.807) is 0 Å². The van der Waals surface area contributed by atoms with E-state index in [4.69, 9.17) is 13.7 Å². The van der Waals surface area contributed by atoms with Gasteiger partial charge in [-0.15, -0.1) is 0 Å². The molecule has 174 valence electrons. The van der Waals surface area contributed by atoms with Gasteiger partial charge in [0.15, 0.2) is 5.58 Å². The lowest BCUT2D eigenvalue weighted by Crippen LogP contribution is -2.41. The first-order valence-electron chi connectivity index (χ1n) is 12.0. The second kappa shape index (κ2) is 8.01. The van der Waals surface area contributed by atoms with Gasteiger partial charge in [0, 0.05) is 21.9 Å². The highest BCUT2D eigenvalue weighted by molar-refractivity contribution is 6.64. The molecule has 1 aliphatic rings. The number of rotatable bonds is 4. The molecule has 0 saturated carbocycles. The van der Waals surface area contributed by atoms with E-state index in [0.717, 1.165) is 49.9 Å². The highest BCUT2D eigenvalue weighted by Gasteiger charge is 2.52. The van der Waals surface area contributed by atoms with Gasteiger partial charge in [0.25, 0.3) is 0 Å². The maximum Gasteiger partial charge on any atom is 0.497 e. The molecule has 0 atom stereocenters. The molecule has 0 unspecified atom stereocenters. The summed E-state index contributed by atoms with van der Waals surface area (Å²) in [6.07, 6.45) is 0. The van der Waals surface area contributed by atoms with Crippen LogP contribution in [-0.4, -0.2) is 18.3 Å². The van der Waals surface area contributed by atoms with E-state index < -0.39 is 18.3 Å². The third kappa shape index (κ3) is 3.72. The van der Waals surface area contributed by atoms with Crippen LogP contribution in [0.4, 0.5) is 11.4 Å². The number of furan rings is 1. The van der Waals surface area contributed by atoms with Crippen LogP contribution in [0.1, 0.15) is 27.7 Å². The summed E-state index contributed by atoms with van der Waals surface area (Å²) >= 11 is 0. The van der Waals surface area contributed by atoms with Gasteiger partial charge in [-0.2, -0.15) is 0 Å². The van der Waals surface area contributed by atoms with Crippen molar-refractivity contribution in [2.24, 2.45) is 0 Å². The number of hydrogen-bond acceptors (Lipinski definition) is 4. The summed E-state index contributed by atoms with van der Waals surface area (Å²) in [5, 5.41) is 5.83. The first-order chi connectivity index (χ1) is 16.8. The zero-order valence-electron chi connectivity index (χ0n) is 20.5. The third-order valence-electron chi connectivity index (χ3n) is 7.34. The SMILES string of the molecule is CC1(C)OB(c2cc(-c3ccccc3)ccc2Nc2cccc3c2oc2ccccc23)OC1(C)C. The Morgan fingerprint density at radius 2 is 1.31 bits per heavy atom. The van der Waals surface area contributed by atoms with Gasteiger partial charge in [0.2, 0.25) is 0 Å². The van der Waals surface area contributed by atoms with E-state index in [9.17, 15) is 0 Å². The Morgan fingerprint density at radius 1 is 0.629 bits per heavy atom. The molecule has 5 aromatic rings. The van der Waals surface area contributed by atoms with Crippen molar-refractivity contribution >= 4 is 45.9 Å². The van der Waals surface area contributed by atoms with Crippen molar-refractivity contribution < 1.29 is 13.7 Å². The minimum absolute atomic E-state index is 0.434. The zero-order chi connectivity index (χ0) is 24.2. The van der Waals surface area contributed by atoms with Crippen LogP contribution in [-0.2, 0) is 9.31 Å². The van der Waals surface area contributed by atoms with E-state index >= 15 is 0 Å². The first-order valence-corrected chi connectivity index (χ1v) is 12.0. The second-order valence-corrected chi connectivity index (χ2v) is 10.2. The lowest BCUT2D eigenvalue weighted by Gasteiger charge is -2.32. The van der Waals surface area contributed by atoms with Crippen LogP contribution in [0.15, 0.2) is 95.4 Å². The summed E-state index contributed by atoms with van der Waals surface area (Å²) < 4.78 is 19.2. The van der Waals surface area contributed by atoms with Crippen LogP contribution in [0.3, 0.4) is 0 Å². The Hall–Kier alpha value is -3.54. The lowest BCUT2D eigenvalue weighted by molar-refractivity contribution is 0.00578. The molecule has 1 saturated heterocycles. The Labute approximate surface area is 206 Å². The summed E-state index contributed by atoms with van der Waals surface area (Å²) in [6, 6.07) is 31.1. The maximum atomic E-state index is 6.47. The molecular weight excluding hydrogens is 433 g/mol. The van der Waals surface area contributed by atoms with E-state index in [0.29, 0.717) is 0 Å². The van der Waals surface area contributed by atoms with Crippen molar-refractivity contribution in [1.82, 2.24) is 0 Å². The normalized spacial score (nSPS) is 16.7. The highest BCUT2D eigenvalue weighted by atomic mass is 16.7. The van der Waals surface area contributed by atoms with Gasteiger partial charge in [-0.25, -0.2) is 0 Å². The predicted octanol–water partition coefficient (Wildman–Crippen LogP) is 7.30. The molecule has 0 bridgehead atoms. The number of anilines is 2. The van der Waals surface area contributed by atoms with E-state index in [2.05, 4.69) is 93.7 Å². The van der Waals surface area contributed by atoms with Gasteiger partial charge < -0.3 is 19.0 Å². The molecule has 1 aromatic heterocycles. The van der Waals surface area contributed by atoms with E-state index in [1.165, 1.54) is 0 Å². The molecule has 1 fully saturated rings. The Kier molecular flexibility index (Phi) is 5.03. The van der Waals surface area contributed by atoms with Crippen molar-refractivity contribution in [3.05, 3.63) is 91.0 Å². The van der Waals surface area contributed by atoms with E-state index in [-0.39, 0.29) is 0 Å². The smallest absolute Gasteiger partial charge is 0.454 e. The Morgan fingerprint density at radius 3 is 2.09 bits per heavy atom. The number of hydrogen-bond donors (Lipinski definition) is 1. The molecule has 4 aromatic carbocycles. The standard InChI is InChI=1S/C30H28BNO3/c1-29(2)30(3,4)35-31(34-29)24-19-21(20-11-6-5-7-12-20)17-18-25(24)32-26-15-10-14-23-22-13-8-9-16-27(22)33-28(23)26/h5-19,32H,1-4H3. The largest absolute Gasteiger partial charge is 0.497 e. The van der Waals surface area contributed by atoms with Crippen LogP contribution >= 0.6 is 0 Å². The average Bonchev–Trinajstić information content (AvgIpc) is 3.34. The van der Waals surface area contributed by atoms with E-state index in [1.807, 2.05) is 30.3 Å². The molecule has 2 heterocycles. The second-order valence-electron chi connectivity index (χ2n) is 10.2. The molecule has 6 rings (SSSR count). The fraction of sp³-hybridized carbons (Fsp3) is 0.200. The van der Waals surface area contributed by atoms with Gasteiger partial charge in [0.05, 0.1) is 16.9 Å². The molecular formula is C30H28BNO3. The molecule has 1 N–H and O–H groups in total. The maximum absolute atomic E-state index is 6.47. The van der Waals surface area contributed by atoms with Gasteiger partial charge in [-0.05, 0) is 57.0 Å². The topological polar surface area (TPSA) is 43.6 Å². The summed E-state index contributed by atoms with van der Waals surface area (Å²) in [4.78, 5) is 0. The summed E-state index contributed by atoms with van der Waals surface area (Å²) in [5.41, 5.74) is 5.90. The van der Waals surface area contributed by atoms with Gasteiger partial charge >= 0.3 is 7.12 Å². The van der Waals surface area contributed by atoms with Crippen molar-refractivity contribution in [2.45, 2.75) is 38.9 Å². The highest BCUT2D eigenvalue weighted by Crippen LogP contribution is 2.39. The summed E-state index contributed by atoms with van der Waals surface area (Å²) in [5.74, 6) is 0. The first kappa shape index (κ1) is 22.0. The van der Waals surface area contributed by atoms with Gasteiger partial charge in [-0.1, -0.05) is 72.8 Å². The number of nitrogens with one attached hydrogen (secondary N) is 1. The zero-order valence-corrected chi connectivity index (χ0v) is 20.5. The molecule has 35 heavy (non-hydrogen) atoms. The summed E-state index contributed by atoms with van der Waals surface area (Å²) in [7, 11) is -0.499. The minimum atomic E-state index is -0.499. The van der Waals surface area contributed by atoms with Crippen LogP contribution < -0.4 is 10.8 Å². The predicted molar refractivity (Wildman–Crippen MR) is 145 cm³/mol. The molecule has 5 heteroatoms. The number of benzene rings is 4. The summed E-state index contributed by atoms with van der Waals surface area (Å²) in [6.45, 7) is 8.32. The van der Waals surface area contributed by atoms with Crippen molar-refractivity contribution in [3.8, 4) is 11.1 Å². The molecule has 0 amide bonds. The van der Waals surface area contributed by atoms with Crippen LogP contribution in [0.25, 0.3) is 33.1 Å². The molecule has 0 spiro atoms. The molecule has 4 nitrogen and oxygen atoms in total. The lowest BCUT2D eigenvalue weighted by atomic mass is 9.76. The number of para-hydroxylation sites is 2. The minimum Gasteiger partial charge on any atom is -0.454 e. The van der Waals surface area contributed by atoms with Gasteiger partial charge in [-0.3, -0.25) is 0 Å². The van der Waals surface area contributed by atoms with Crippen LogP contribution in [0, 0.1) is 0 Å². The third-order valence-corrected chi connectivity index (χ3v) is 7.34. The Bertz CT molecular complexity index is 1520. The number of fused-ring (bicyclic) bond motifs is 3. The fourth-order valence-corrected chi connectivity index (χ4v) is 4.64. The molecule has 0 radical (unpaired) electrons.